The Bertz CT molecular complexity index is 421. The van der Waals surface area contributed by atoms with Crippen molar-refractivity contribution in [1.29, 1.82) is 0 Å². The monoisotopic (exact) mass is 178 g/mol. The van der Waals surface area contributed by atoms with Gasteiger partial charge in [0.2, 0.25) is 5.88 Å². The predicted octanol–water partition coefficient (Wildman–Crippen LogP) is 0.425. The number of aromatic nitrogens is 3. The Morgan fingerprint density at radius 3 is 3.00 bits per heavy atom. The van der Waals surface area contributed by atoms with Crippen molar-refractivity contribution >= 4 is 11.2 Å². The molecule has 0 aliphatic heterocycles. The molecule has 0 atom stereocenters. The molecule has 0 saturated carbocycles. The van der Waals surface area contributed by atoms with Gasteiger partial charge in [0.05, 0.1) is 19.2 Å². The molecule has 0 unspecified atom stereocenters. The minimum absolute atomic E-state index is 0.388. The Hall–Kier alpha value is -1.62. The molecule has 5 heteroatoms. The number of methoxy groups -OCH3 is 1. The highest BCUT2D eigenvalue weighted by Gasteiger charge is 2.03. The second-order valence-electron chi connectivity index (χ2n) is 2.61. The average Bonchev–Trinajstić information content (AvgIpc) is 2.58. The molecule has 0 spiro atoms. The van der Waals surface area contributed by atoms with Crippen LogP contribution in [0.4, 0.5) is 0 Å². The summed E-state index contributed by atoms with van der Waals surface area (Å²) in [6.45, 7) is 0.388. The van der Waals surface area contributed by atoms with Crippen LogP contribution in [-0.2, 0) is 6.54 Å². The molecule has 0 saturated heterocycles. The third kappa shape index (κ3) is 1.33. The van der Waals surface area contributed by atoms with Gasteiger partial charge in [-0.1, -0.05) is 0 Å². The van der Waals surface area contributed by atoms with E-state index in [0.717, 1.165) is 11.3 Å². The summed E-state index contributed by atoms with van der Waals surface area (Å²) in [7, 11) is 1.57. The largest absolute Gasteiger partial charge is 0.481 e. The molecule has 2 rings (SSSR count). The highest BCUT2D eigenvalue weighted by atomic mass is 16.5. The molecular weight excluding hydrogens is 168 g/mol. The first kappa shape index (κ1) is 8.00. The first-order valence-electron chi connectivity index (χ1n) is 3.93. The fourth-order valence-electron chi connectivity index (χ4n) is 1.14. The zero-order valence-corrected chi connectivity index (χ0v) is 7.24. The van der Waals surface area contributed by atoms with E-state index in [1.54, 1.807) is 13.2 Å². The number of ether oxygens (including phenoxy) is 1. The van der Waals surface area contributed by atoms with Gasteiger partial charge in [0, 0.05) is 6.07 Å². The van der Waals surface area contributed by atoms with Gasteiger partial charge >= 0.3 is 0 Å². The molecule has 0 radical (unpaired) electrons. The van der Waals surface area contributed by atoms with Gasteiger partial charge in [0.1, 0.15) is 5.82 Å². The Labute approximate surface area is 74.9 Å². The first-order valence-corrected chi connectivity index (χ1v) is 3.93. The van der Waals surface area contributed by atoms with Gasteiger partial charge < -0.3 is 15.5 Å². The zero-order valence-electron chi connectivity index (χ0n) is 7.24. The van der Waals surface area contributed by atoms with Crippen molar-refractivity contribution in [2.24, 2.45) is 5.73 Å². The van der Waals surface area contributed by atoms with Gasteiger partial charge in [-0.3, -0.25) is 0 Å². The normalized spacial score (nSPS) is 10.6. The molecule has 0 aliphatic rings. The maximum absolute atomic E-state index is 5.43. The first-order chi connectivity index (χ1) is 6.33. The fraction of sp³-hybridized carbons (Fsp3) is 0.250. The Morgan fingerprint density at radius 1 is 1.46 bits per heavy atom. The Morgan fingerprint density at radius 2 is 2.31 bits per heavy atom. The lowest BCUT2D eigenvalue weighted by Gasteiger charge is -1.95. The van der Waals surface area contributed by atoms with E-state index in [9.17, 15) is 0 Å². The molecule has 2 aromatic heterocycles. The number of aromatic amines is 1. The maximum atomic E-state index is 5.43. The molecule has 0 bridgehead atoms. The molecule has 68 valence electrons. The fourth-order valence-corrected chi connectivity index (χ4v) is 1.14. The van der Waals surface area contributed by atoms with Crippen molar-refractivity contribution in [1.82, 2.24) is 15.0 Å². The predicted molar refractivity (Wildman–Crippen MR) is 48.3 cm³/mol. The molecule has 2 heterocycles. The molecule has 3 N–H and O–H groups in total. The minimum Gasteiger partial charge on any atom is -0.481 e. The Balaban J connectivity index is 2.57. The van der Waals surface area contributed by atoms with Gasteiger partial charge in [-0.25, -0.2) is 4.98 Å². The van der Waals surface area contributed by atoms with Gasteiger partial charge in [0.15, 0.2) is 5.65 Å². The van der Waals surface area contributed by atoms with Crippen LogP contribution in [0.1, 0.15) is 5.82 Å². The van der Waals surface area contributed by atoms with E-state index >= 15 is 0 Å². The highest BCUT2D eigenvalue weighted by molar-refractivity contribution is 5.71. The van der Waals surface area contributed by atoms with Crippen LogP contribution in [0.25, 0.3) is 11.2 Å². The lowest BCUT2D eigenvalue weighted by Crippen LogP contribution is -1.97. The second kappa shape index (κ2) is 3.02. The van der Waals surface area contributed by atoms with E-state index in [4.69, 9.17) is 10.5 Å². The number of hydrogen-bond acceptors (Lipinski definition) is 4. The number of nitrogens with one attached hydrogen (secondary N) is 1. The third-order valence-corrected chi connectivity index (χ3v) is 1.77. The number of rotatable bonds is 2. The van der Waals surface area contributed by atoms with Crippen LogP contribution in [0, 0.1) is 0 Å². The quantitative estimate of drug-likeness (QED) is 0.698. The Kier molecular flexibility index (Phi) is 1.86. The summed E-state index contributed by atoms with van der Waals surface area (Å²) >= 11 is 0. The summed E-state index contributed by atoms with van der Waals surface area (Å²) in [6, 6.07) is 3.65. The van der Waals surface area contributed by atoms with Crippen LogP contribution < -0.4 is 10.5 Å². The summed E-state index contributed by atoms with van der Waals surface area (Å²) in [5.74, 6) is 1.29. The molecule has 13 heavy (non-hydrogen) atoms. The number of fused-ring (bicyclic) bond motifs is 1. The van der Waals surface area contributed by atoms with E-state index in [1.165, 1.54) is 0 Å². The number of H-pyrrole nitrogens is 1. The molecule has 0 fully saturated rings. The van der Waals surface area contributed by atoms with Crippen LogP contribution in [0.3, 0.4) is 0 Å². The molecule has 2 aromatic rings. The van der Waals surface area contributed by atoms with Crippen LogP contribution in [0.5, 0.6) is 5.88 Å². The number of nitrogens with two attached hydrogens (primary N) is 1. The van der Waals surface area contributed by atoms with E-state index in [1.807, 2.05) is 6.07 Å². The average molecular weight is 178 g/mol. The van der Waals surface area contributed by atoms with Crippen LogP contribution >= 0.6 is 0 Å². The van der Waals surface area contributed by atoms with E-state index < -0.39 is 0 Å². The van der Waals surface area contributed by atoms with Crippen molar-refractivity contribution < 1.29 is 4.74 Å². The van der Waals surface area contributed by atoms with E-state index in [-0.39, 0.29) is 0 Å². The van der Waals surface area contributed by atoms with Gasteiger partial charge in [0.25, 0.3) is 0 Å². The van der Waals surface area contributed by atoms with Crippen molar-refractivity contribution in [2.45, 2.75) is 6.54 Å². The van der Waals surface area contributed by atoms with Gasteiger partial charge in [-0.2, -0.15) is 4.98 Å². The van der Waals surface area contributed by atoms with Crippen LogP contribution in [0.15, 0.2) is 12.1 Å². The summed E-state index contributed by atoms with van der Waals surface area (Å²) in [5.41, 5.74) is 6.95. The standard InChI is InChI=1S/C8H10N4O/c1-13-7-3-2-5-8(12-7)11-6(4-9)10-5/h2-3H,4,9H2,1H3,(H,10,11,12). The van der Waals surface area contributed by atoms with Crippen molar-refractivity contribution in [3.63, 3.8) is 0 Å². The lowest BCUT2D eigenvalue weighted by molar-refractivity contribution is 0.399. The SMILES string of the molecule is COc1ccc2[nH]c(CN)nc2n1. The molecule has 5 nitrogen and oxygen atoms in total. The topological polar surface area (TPSA) is 76.8 Å². The smallest absolute Gasteiger partial charge is 0.215 e. The minimum atomic E-state index is 0.388. The van der Waals surface area contributed by atoms with Crippen LogP contribution in [0.2, 0.25) is 0 Å². The summed E-state index contributed by atoms with van der Waals surface area (Å²) in [6.07, 6.45) is 0. The molecular formula is C8H10N4O. The van der Waals surface area contributed by atoms with Crippen molar-refractivity contribution in [3.05, 3.63) is 18.0 Å². The zero-order chi connectivity index (χ0) is 9.26. The molecule has 0 aromatic carbocycles. The summed E-state index contributed by atoms with van der Waals surface area (Å²) < 4.78 is 4.97. The number of imidazole rings is 1. The number of hydrogen-bond donors (Lipinski definition) is 2. The van der Waals surface area contributed by atoms with E-state index in [2.05, 4.69) is 15.0 Å². The van der Waals surface area contributed by atoms with Gasteiger partial charge in [-0.15, -0.1) is 0 Å². The maximum Gasteiger partial charge on any atom is 0.215 e. The summed E-state index contributed by atoms with van der Waals surface area (Å²) in [5, 5.41) is 0. The number of pyridine rings is 1. The van der Waals surface area contributed by atoms with Crippen LogP contribution in [-0.4, -0.2) is 22.1 Å². The van der Waals surface area contributed by atoms with Crippen molar-refractivity contribution in [3.8, 4) is 5.88 Å². The van der Waals surface area contributed by atoms with Gasteiger partial charge in [-0.05, 0) is 6.07 Å². The third-order valence-electron chi connectivity index (χ3n) is 1.77. The highest BCUT2D eigenvalue weighted by Crippen LogP contribution is 2.13. The second-order valence-corrected chi connectivity index (χ2v) is 2.61. The van der Waals surface area contributed by atoms with Crippen molar-refractivity contribution in [2.75, 3.05) is 7.11 Å². The lowest BCUT2D eigenvalue weighted by atomic mass is 10.4. The number of nitrogens with zero attached hydrogens (tertiary/aromatic N) is 2. The molecule has 0 aliphatic carbocycles. The van der Waals surface area contributed by atoms with E-state index in [0.29, 0.717) is 18.1 Å². The summed E-state index contributed by atoms with van der Waals surface area (Å²) in [4.78, 5) is 11.4. The molecule has 0 amide bonds.